The van der Waals surface area contributed by atoms with Crippen molar-refractivity contribution in [3.05, 3.63) is 42.3 Å². The van der Waals surface area contributed by atoms with E-state index in [1.165, 1.54) is 0 Å². The molecule has 116 valence electrons. The van der Waals surface area contributed by atoms with Gasteiger partial charge in [-0.3, -0.25) is 4.90 Å². The van der Waals surface area contributed by atoms with E-state index in [1.54, 1.807) is 6.26 Å². The summed E-state index contributed by atoms with van der Waals surface area (Å²) in [5, 5.41) is 0. The highest BCUT2D eigenvalue weighted by molar-refractivity contribution is 5.85. The summed E-state index contributed by atoms with van der Waals surface area (Å²) in [6.45, 7) is 6.70. The molecule has 0 saturated heterocycles. The minimum absolute atomic E-state index is 0. The molecule has 0 saturated carbocycles. The summed E-state index contributed by atoms with van der Waals surface area (Å²) in [7, 11) is 2.08. The SMILES string of the molecule is CN(Cc1coc(-c2ccccc2)n1)CC(C)(C)CN.Cl. The van der Waals surface area contributed by atoms with Gasteiger partial charge in [0, 0.05) is 18.7 Å². The van der Waals surface area contributed by atoms with E-state index >= 15 is 0 Å². The second-order valence-electron chi connectivity index (χ2n) is 6.05. The fraction of sp³-hybridized carbons (Fsp3) is 0.438. The topological polar surface area (TPSA) is 55.3 Å². The summed E-state index contributed by atoms with van der Waals surface area (Å²) in [5.41, 5.74) is 7.83. The lowest BCUT2D eigenvalue weighted by Gasteiger charge is -2.28. The highest BCUT2D eigenvalue weighted by atomic mass is 35.5. The van der Waals surface area contributed by atoms with Crippen molar-refractivity contribution in [1.29, 1.82) is 0 Å². The van der Waals surface area contributed by atoms with E-state index in [0.717, 1.165) is 24.3 Å². The number of nitrogens with two attached hydrogens (primary N) is 1. The zero-order chi connectivity index (χ0) is 14.6. The average Bonchev–Trinajstić information content (AvgIpc) is 2.87. The van der Waals surface area contributed by atoms with Crippen molar-refractivity contribution < 1.29 is 4.42 Å². The number of halogens is 1. The Morgan fingerprint density at radius 2 is 1.90 bits per heavy atom. The Hall–Kier alpha value is -1.36. The molecule has 0 spiro atoms. The quantitative estimate of drug-likeness (QED) is 0.890. The van der Waals surface area contributed by atoms with E-state index < -0.39 is 0 Å². The molecule has 0 amide bonds. The van der Waals surface area contributed by atoms with Crippen LogP contribution in [0.3, 0.4) is 0 Å². The normalized spacial score (nSPS) is 11.5. The second kappa shape index (κ2) is 7.59. The summed E-state index contributed by atoms with van der Waals surface area (Å²) in [4.78, 5) is 6.76. The van der Waals surface area contributed by atoms with Crippen LogP contribution in [-0.2, 0) is 6.54 Å². The number of rotatable bonds is 6. The summed E-state index contributed by atoms with van der Waals surface area (Å²) in [6, 6.07) is 9.94. The van der Waals surface area contributed by atoms with Gasteiger partial charge < -0.3 is 10.2 Å². The molecule has 5 heteroatoms. The molecule has 0 bridgehead atoms. The smallest absolute Gasteiger partial charge is 0.226 e. The van der Waals surface area contributed by atoms with Gasteiger partial charge in [-0.25, -0.2) is 4.98 Å². The molecule has 1 heterocycles. The summed E-state index contributed by atoms with van der Waals surface area (Å²) >= 11 is 0. The van der Waals surface area contributed by atoms with Gasteiger partial charge in [-0.1, -0.05) is 32.0 Å². The second-order valence-corrected chi connectivity index (χ2v) is 6.05. The largest absolute Gasteiger partial charge is 0.444 e. The number of nitrogens with zero attached hydrogens (tertiary/aromatic N) is 2. The van der Waals surface area contributed by atoms with Gasteiger partial charge in [0.25, 0.3) is 0 Å². The Labute approximate surface area is 132 Å². The highest BCUT2D eigenvalue weighted by Gasteiger charge is 2.19. The first-order valence-corrected chi connectivity index (χ1v) is 6.88. The van der Waals surface area contributed by atoms with Crippen LogP contribution in [-0.4, -0.2) is 30.0 Å². The van der Waals surface area contributed by atoms with Gasteiger partial charge in [-0.15, -0.1) is 12.4 Å². The van der Waals surface area contributed by atoms with Crippen LogP contribution >= 0.6 is 12.4 Å². The molecule has 0 fully saturated rings. The van der Waals surface area contributed by atoms with Gasteiger partial charge in [0.15, 0.2) is 0 Å². The predicted molar refractivity (Wildman–Crippen MR) is 88.4 cm³/mol. The fourth-order valence-electron chi connectivity index (χ4n) is 2.22. The monoisotopic (exact) mass is 309 g/mol. The Morgan fingerprint density at radius 3 is 2.52 bits per heavy atom. The minimum atomic E-state index is 0. The zero-order valence-electron chi connectivity index (χ0n) is 12.9. The standard InChI is InChI=1S/C16H23N3O.ClH/c1-16(2,11-17)12-19(3)9-14-10-20-15(18-14)13-7-5-4-6-8-13;/h4-8,10H,9,11-12,17H2,1-3H3;1H. The van der Waals surface area contributed by atoms with Crippen molar-refractivity contribution >= 4 is 12.4 Å². The first-order chi connectivity index (χ1) is 9.50. The average molecular weight is 310 g/mol. The van der Waals surface area contributed by atoms with Crippen LogP contribution in [0.1, 0.15) is 19.5 Å². The van der Waals surface area contributed by atoms with Crippen LogP contribution < -0.4 is 5.73 Å². The molecule has 0 unspecified atom stereocenters. The van der Waals surface area contributed by atoms with Gasteiger partial charge in [-0.2, -0.15) is 0 Å². The number of hydrogen-bond acceptors (Lipinski definition) is 4. The van der Waals surface area contributed by atoms with E-state index in [9.17, 15) is 0 Å². The van der Waals surface area contributed by atoms with Crippen molar-refractivity contribution in [2.75, 3.05) is 20.1 Å². The maximum absolute atomic E-state index is 5.77. The molecule has 2 rings (SSSR count). The van der Waals surface area contributed by atoms with Crippen LogP contribution in [0.5, 0.6) is 0 Å². The van der Waals surface area contributed by atoms with Crippen molar-refractivity contribution in [1.82, 2.24) is 9.88 Å². The molecule has 0 radical (unpaired) electrons. The van der Waals surface area contributed by atoms with E-state index in [4.69, 9.17) is 10.2 Å². The zero-order valence-corrected chi connectivity index (χ0v) is 13.7. The molecule has 2 N–H and O–H groups in total. The molecule has 2 aromatic rings. The minimum Gasteiger partial charge on any atom is -0.444 e. The molecule has 0 atom stereocenters. The van der Waals surface area contributed by atoms with Gasteiger partial charge in [-0.05, 0) is 31.1 Å². The van der Waals surface area contributed by atoms with Crippen LogP contribution in [0.2, 0.25) is 0 Å². The lowest BCUT2D eigenvalue weighted by molar-refractivity contribution is 0.208. The predicted octanol–water partition coefficient (Wildman–Crippen LogP) is 3.18. The lowest BCUT2D eigenvalue weighted by Crippen LogP contribution is -2.36. The van der Waals surface area contributed by atoms with E-state index in [0.29, 0.717) is 12.4 Å². The first-order valence-electron chi connectivity index (χ1n) is 6.88. The van der Waals surface area contributed by atoms with Crippen LogP contribution in [0.15, 0.2) is 41.0 Å². The first kappa shape index (κ1) is 17.7. The van der Waals surface area contributed by atoms with E-state index in [-0.39, 0.29) is 17.8 Å². The van der Waals surface area contributed by atoms with Crippen LogP contribution in [0.25, 0.3) is 11.5 Å². The van der Waals surface area contributed by atoms with Gasteiger partial charge >= 0.3 is 0 Å². The maximum atomic E-state index is 5.77. The van der Waals surface area contributed by atoms with Crippen LogP contribution in [0.4, 0.5) is 0 Å². The number of oxazole rings is 1. The molecule has 1 aromatic carbocycles. The van der Waals surface area contributed by atoms with Crippen molar-refractivity contribution in [3.63, 3.8) is 0 Å². The lowest BCUT2D eigenvalue weighted by atomic mass is 9.93. The number of hydrogen-bond donors (Lipinski definition) is 1. The summed E-state index contributed by atoms with van der Waals surface area (Å²) in [5.74, 6) is 0.673. The van der Waals surface area contributed by atoms with E-state index in [1.807, 2.05) is 30.3 Å². The molecular weight excluding hydrogens is 286 g/mol. The Kier molecular flexibility index (Phi) is 6.40. The third-order valence-electron chi connectivity index (χ3n) is 3.25. The van der Waals surface area contributed by atoms with Crippen molar-refractivity contribution in [2.24, 2.45) is 11.1 Å². The van der Waals surface area contributed by atoms with Gasteiger partial charge in [0.05, 0.1) is 5.69 Å². The molecule has 0 aliphatic rings. The molecule has 0 aliphatic carbocycles. The third-order valence-corrected chi connectivity index (χ3v) is 3.25. The molecule has 1 aromatic heterocycles. The summed E-state index contributed by atoms with van der Waals surface area (Å²) < 4.78 is 5.55. The van der Waals surface area contributed by atoms with Gasteiger partial charge in [0.2, 0.25) is 5.89 Å². The van der Waals surface area contributed by atoms with Crippen molar-refractivity contribution in [2.45, 2.75) is 20.4 Å². The molecule has 21 heavy (non-hydrogen) atoms. The highest BCUT2D eigenvalue weighted by Crippen LogP contribution is 2.20. The number of aromatic nitrogens is 1. The molecule has 4 nitrogen and oxygen atoms in total. The Bertz CT molecular complexity index is 539. The maximum Gasteiger partial charge on any atom is 0.226 e. The third kappa shape index (κ3) is 5.16. The van der Waals surface area contributed by atoms with Crippen LogP contribution in [0, 0.1) is 5.41 Å². The van der Waals surface area contributed by atoms with E-state index in [2.05, 4.69) is 30.8 Å². The fourth-order valence-corrected chi connectivity index (χ4v) is 2.22. The molecular formula is C16H24ClN3O. The molecule has 0 aliphatic heterocycles. The summed E-state index contributed by atoms with van der Waals surface area (Å²) in [6.07, 6.45) is 1.73. The van der Waals surface area contributed by atoms with Gasteiger partial charge in [0.1, 0.15) is 6.26 Å². The number of benzene rings is 1. The van der Waals surface area contributed by atoms with Crippen molar-refractivity contribution in [3.8, 4) is 11.5 Å². The Balaban J connectivity index is 0.00000220. The Morgan fingerprint density at radius 1 is 1.24 bits per heavy atom.